The third kappa shape index (κ3) is 3.52. The number of nitrogens with zero attached hydrogens (tertiary/aromatic N) is 1. The maximum Gasteiger partial charge on any atom is 0.302 e. The Morgan fingerprint density at radius 2 is 1.85 bits per heavy atom. The second-order valence-electron chi connectivity index (χ2n) is 5.82. The molecular weight excluding hydrogens is 374 g/mol. The van der Waals surface area contributed by atoms with E-state index in [1.807, 2.05) is 4.83 Å². The smallest absolute Gasteiger partial charge is 0.302 e. The normalized spacial score (nSPS) is 11.5. The molecule has 1 amide bonds. The lowest BCUT2D eigenvalue weighted by atomic mass is 10.1. The number of fused-ring (bicyclic) bond motifs is 1. The van der Waals surface area contributed by atoms with Crippen molar-refractivity contribution >= 4 is 32.6 Å². The van der Waals surface area contributed by atoms with Gasteiger partial charge in [-0.3, -0.25) is 20.3 Å². The maximum atomic E-state index is 12.4. The molecule has 0 radical (unpaired) electrons. The lowest BCUT2D eigenvalue weighted by Crippen LogP contribution is -2.41. The number of hydrogen-bond acceptors (Lipinski definition) is 6. The van der Waals surface area contributed by atoms with Crippen LogP contribution in [0.4, 0.5) is 5.69 Å². The summed E-state index contributed by atoms with van der Waals surface area (Å²) in [6, 6.07) is 10.5. The number of nitrogens with one attached hydrogen (secondary N) is 2. The molecule has 2 aromatic carbocycles. The second-order valence-corrected chi connectivity index (χ2v) is 7.47. The van der Waals surface area contributed by atoms with Gasteiger partial charge in [0.25, 0.3) is 15.7 Å². The molecule has 0 saturated heterocycles. The van der Waals surface area contributed by atoms with Crippen molar-refractivity contribution in [3.05, 3.63) is 69.5 Å². The Hall–Kier alpha value is -3.24. The summed E-state index contributed by atoms with van der Waals surface area (Å²) < 4.78 is 30.4. The summed E-state index contributed by atoms with van der Waals surface area (Å²) in [5.41, 5.74) is 3.06. The molecule has 3 aromatic rings. The first-order valence-corrected chi connectivity index (χ1v) is 9.24. The number of nitro groups is 1. The molecule has 1 aromatic heterocycles. The van der Waals surface area contributed by atoms with Gasteiger partial charge in [-0.15, -0.1) is 4.83 Å². The van der Waals surface area contributed by atoms with E-state index in [0.29, 0.717) is 16.7 Å². The molecule has 0 spiro atoms. The van der Waals surface area contributed by atoms with Crippen molar-refractivity contribution in [2.75, 3.05) is 0 Å². The molecule has 3 rings (SSSR count). The van der Waals surface area contributed by atoms with Crippen molar-refractivity contribution in [3.8, 4) is 0 Å². The van der Waals surface area contributed by atoms with Gasteiger partial charge in [-0.25, -0.2) is 8.42 Å². The molecule has 0 aliphatic rings. The van der Waals surface area contributed by atoms with Gasteiger partial charge in [0.05, 0.1) is 9.82 Å². The zero-order chi connectivity index (χ0) is 19.8. The van der Waals surface area contributed by atoms with Crippen LogP contribution in [0.25, 0.3) is 11.0 Å². The van der Waals surface area contributed by atoms with Gasteiger partial charge in [0.2, 0.25) is 0 Å². The average molecular weight is 389 g/mol. The van der Waals surface area contributed by atoms with Gasteiger partial charge < -0.3 is 4.42 Å². The summed E-state index contributed by atoms with van der Waals surface area (Å²) in [4.78, 5) is 24.1. The van der Waals surface area contributed by atoms with Gasteiger partial charge in [-0.2, -0.15) is 0 Å². The molecule has 0 aliphatic heterocycles. The SMILES string of the molecule is Cc1ccc([N+](=O)[O-])cc1S(=O)(=O)NNC(=O)c1oc2ccccc2c1C. The van der Waals surface area contributed by atoms with Crippen molar-refractivity contribution in [3.63, 3.8) is 0 Å². The molecule has 0 fully saturated rings. The number of para-hydroxylation sites is 1. The van der Waals surface area contributed by atoms with E-state index in [0.717, 1.165) is 11.5 Å². The zero-order valence-electron chi connectivity index (χ0n) is 14.3. The van der Waals surface area contributed by atoms with Gasteiger partial charge in [0.15, 0.2) is 5.76 Å². The Labute approximate surface area is 154 Å². The molecule has 27 heavy (non-hydrogen) atoms. The van der Waals surface area contributed by atoms with E-state index < -0.39 is 20.9 Å². The molecule has 0 unspecified atom stereocenters. The number of nitro benzene ring substituents is 1. The highest BCUT2D eigenvalue weighted by atomic mass is 32.2. The number of benzene rings is 2. The summed E-state index contributed by atoms with van der Waals surface area (Å²) >= 11 is 0. The molecule has 10 heteroatoms. The number of furan rings is 1. The number of hydrogen-bond donors (Lipinski definition) is 2. The Kier molecular flexibility index (Phi) is 4.68. The topological polar surface area (TPSA) is 132 Å². The maximum absolute atomic E-state index is 12.4. The fourth-order valence-corrected chi connectivity index (χ4v) is 3.71. The van der Waals surface area contributed by atoms with Crippen molar-refractivity contribution in [1.29, 1.82) is 0 Å². The summed E-state index contributed by atoms with van der Waals surface area (Å²) in [6.07, 6.45) is 0. The van der Waals surface area contributed by atoms with Gasteiger partial charge in [0.1, 0.15) is 5.58 Å². The van der Waals surface area contributed by atoms with Crippen LogP contribution in [0.3, 0.4) is 0 Å². The highest BCUT2D eigenvalue weighted by Crippen LogP contribution is 2.25. The van der Waals surface area contributed by atoms with Gasteiger partial charge in [-0.05, 0) is 25.5 Å². The predicted octanol–water partition coefficient (Wildman–Crippen LogP) is 2.58. The number of non-ortho nitro benzene ring substituents is 1. The minimum absolute atomic E-state index is 0.0327. The summed E-state index contributed by atoms with van der Waals surface area (Å²) in [5, 5.41) is 11.6. The van der Waals surface area contributed by atoms with Gasteiger partial charge >= 0.3 is 5.91 Å². The lowest BCUT2D eigenvalue weighted by molar-refractivity contribution is -0.385. The summed E-state index contributed by atoms with van der Waals surface area (Å²) in [6.45, 7) is 3.17. The third-order valence-electron chi connectivity index (χ3n) is 4.02. The Morgan fingerprint density at radius 3 is 2.52 bits per heavy atom. The van der Waals surface area contributed by atoms with Gasteiger partial charge in [0, 0.05) is 23.1 Å². The molecule has 0 saturated carbocycles. The van der Waals surface area contributed by atoms with E-state index >= 15 is 0 Å². The van der Waals surface area contributed by atoms with Crippen LogP contribution < -0.4 is 10.3 Å². The standard InChI is InChI=1S/C17H15N3O6S/c1-10-7-8-12(20(22)23)9-15(10)27(24,25)19-18-17(21)16-11(2)13-5-3-4-6-14(13)26-16/h3-9,19H,1-2H3,(H,18,21). The first-order chi connectivity index (χ1) is 12.7. The molecule has 1 heterocycles. The van der Waals surface area contributed by atoms with Crippen molar-refractivity contribution in [2.45, 2.75) is 18.7 Å². The lowest BCUT2D eigenvalue weighted by Gasteiger charge is -2.10. The van der Waals surface area contributed by atoms with E-state index in [9.17, 15) is 23.3 Å². The van der Waals surface area contributed by atoms with Crippen LogP contribution in [0.15, 0.2) is 51.8 Å². The molecular formula is C17H15N3O6S. The van der Waals surface area contributed by atoms with E-state index in [1.165, 1.54) is 19.1 Å². The molecule has 0 atom stereocenters. The van der Waals surface area contributed by atoms with E-state index in [2.05, 4.69) is 5.43 Å². The van der Waals surface area contributed by atoms with Crippen molar-refractivity contribution in [2.24, 2.45) is 0 Å². The van der Waals surface area contributed by atoms with Crippen molar-refractivity contribution < 1.29 is 22.6 Å². The Morgan fingerprint density at radius 1 is 1.15 bits per heavy atom. The number of sulfonamides is 1. The van der Waals surface area contributed by atoms with E-state index in [1.54, 1.807) is 31.2 Å². The van der Waals surface area contributed by atoms with Crippen LogP contribution >= 0.6 is 0 Å². The number of carbonyl (C=O) groups is 1. The molecule has 9 nitrogen and oxygen atoms in total. The van der Waals surface area contributed by atoms with Crippen LogP contribution in [-0.2, 0) is 10.0 Å². The van der Waals surface area contributed by atoms with Gasteiger partial charge in [-0.1, -0.05) is 24.3 Å². The summed E-state index contributed by atoms with van der Waals surface area (Å²) in [5.74, 6) is -0.815. The third-order valence-corrected chi connectivity index (χ3v) is 5.41. The van der Waals surface area contributed by atoms with E-state index in [-0.39, 0.29) is 16.3 Å². The Balaban J connectivity index is 1.85. The largest absolute Gasteiger partial charge is 0.451 e. The number of carbonyl (C=O) groups excluding carboxylic acids is 1. The number of hydrazine groups is 1. The van der Waals surface area contributed by atoms with Crippen LogP contribution in [0, 0.1) is 24.0 Å². The minimum Gasteiger partial charge on any atom is -0.451 e. The van der Waals surface area contributed by atoms with Crippen LogP contribution in [0.1, 0.15) is 21.7 Å². The second kappa shape index (κ2) is 6.82. The van der Waals surface area contributed by atoms with Crippen LogP contribution in [-0.4, -0.2) is 19.2 Å². The zero-order valence-corrected chi connectivity index (χ0v) is 15.2. The fraction of sp³-hybridized carbons (Fsp3) is 0.118. The highest BCUT2D eigenvalue weighted by molar-refractivity contribution is 7.89. The quantitative estimate of drug-likeness (QED) is 0.509. The predicted molar refractivity (Wildman–Crippen MR) is 96.6 cm³/mol. The summed E-state index contributed by atoms with van der Waals surface area (Å²) in [7, 11) is -4.22. The van der Waals surface area contributed by atoms with Crippen LogP contribution in [0.5, 0.6) is 0 Å². The fourth-order valence-electron chi connectivity index (χ4n) is 2.61. The Bertz CT molecular complexity index is 1170. The number of rotatable bonds is 5. The molecule has 140 valence electrons. The minimum atomic E-state index is -4.22. The first-order valence-electron chi connectivity index (χ1n) is 7.76. The number of aryl methyl sites for hydroxylation is 2. The van der Waals surface area contributed by atoms with Crippen LogP contribution in [0.2, 0.25) is 0 Å². The number of amides is 1. The van der Waals surface area contributed by atoms with E-state index in [4.69, 9.17) is 4.42 Å². The molecule has 0 aliphatic carbocycles. The first kappa shape index (κ1) is 18.5. The monoisotopic (exact) mass is 389 g/mol. The molecule has 2 N–H and O–H groups in total. The molecule has 0 bridgehead atoms. The highest BCUT2D eigenvalue weighted by Gasteiger charge is 2.23. The average Bonchev–Trinajstić information content (AvgIpc) is 2.97. The van der Waals surface area contributed by atoms with Crippen molar-refractivity contribution in [1.82, 2.24) is 10.3 Å².